The standard InChI is InChI=1S/C15H25NOS/c1-11(2)18-15-7-5-14(6-8-15)13(4)16-9-12(3)10-17/h5-8,11-13,16-17H,9-10H2,1-4H3. The average molecular weight is 267 g/mol. The van der Waals surface area contributed by atoms with Crippen LogP contribution in [0.1, 0.15) is 39.3 Å². The Hall–Kier alpha value is -0.510. The number of rotatable bonds is 7. The second kappa shape index (κ2) is 7.82. The Morgan fingerprint density at radius 2 is 1.72 bits per heavy atom. The molecule has 1 aromatic rings. The predicted octanol–water partition coefficient (Wildman–Crippen LogP) is 3.47. The van der Waals surface area contributed by atoms with Crippen molar-refractivity contribution in [3.05, 3.63) is 29.8 Å². The minimum Gasteiger partial charge on any atom is -0.396 e. The van der Waals surface area contributed by atoms with Crippen LogP contribution in [0.25, 0.3) is 0 Å². The molecule has 0 saturated heterocycles. The Balaban J connectivity index is 2.50. The van der Waals surface area contributed by atoms with Crippen LogP contribution >= 0.6 is 11.8 Å². The molecule has 0 heterocycles. The van der Waals surface area contributed by atoms with Gasteiger partial charge in [-0.1, -0.05) is 32.9 Å². The van der Waals surface area contributed by atoms with Crippen molar-refractivity contribution in [3.63, 3.8) is 0 Å². The van der Waals surface area contributed by atoms with Gasteiger partial charge in [0.2, 0.25) is 0 Å². The molecular weight excluding hydrogens is 242 g/mol. The molecule has 3 heteroatoms. The smallest absolute Gasteiger partial charge is 0.0468 e. The van der Waals surface area contributed by atoms with Gasteiger partial charge in [0.15, 0.2) is 0 Å². The van der Waals surface area contributed by atoms with Gasteiger partial charge in [-0.25, -0.2) is 0 Å². The number of aliphatic hydroxyl groups is 1. The van der Waals surface area contributed by atoms with Crippen LogP contribution in [0, 0.1) is 5.92 Å². The highest BCUT2D eigenvalue weighted by Crippen LogP contribution is 2.24. The minimum atomic E-state index is 0.240. The van der Waals surface area contributed by atoms with Crippen molar-refractivity contribution in [2.24, 2.45) is 5.92 Å². The van der Waals surface area contributed by atoms with Crippen molar-refractivity contribution in [3.8, 4) is 0 Å². The maximum atomic E-state index is 9.00. The Kier molecular flexibility index (Phi) is 6.76. The van der Waals surface area contributed by atoms with Gasteiger partial charge in [0.05, 0.1) is 0 Å². The van der Waals surface area contributed by atoms with Crippen LogP contribution in [0.3, 0.4) is 0 Å². The van der Waals surface area contributed by atoms with Gasteiger partial charge in [-0.05, 0) is 30.5 Å². The van der Waals surface area contributed by atoms with Gasteiger partial charge >= 0.3 is 0 Å². The van der Waals surface area contributed by atoms with Crippen molar-refractivity contribution in [1.29, 1.82) is 0 Å². The third kappa shape index (κ3) is 5.42. The van der Waals surface area contributed by atoms with Gasteiger partial charge in [0.1, 0.15) is 0 Å². The van der Waals surface area contributed by atoms with Crippen LogP contribution < -0.4 is 5.32 Å². The normalized spacial score (nSPS) is 14.8. The molecule has 0 amide bonds. The molecule has 0 fully saturated rings. The molecule has 2 N–H and O–H groups in total. The Bertz CT molecular complexity index is 337. The summed E-state index contributed by atoms with van der Waals surface area (Å²) >= 11 is 1.89. The highest BCUT2D eigenvalue weighted by Gasteiger charge is 2.07. The fraction of sp³-hybridized carbons (Fsp3) is 0.600. The van der Waals surface area contributed by atoms with E-state index in [0.29, 0.717) is 17.2 Å². The molecule has 2 nitrogen and oxygen atoms in total. The molecule has 0 radical (unpaired) electrons. The molecular formula is C15H25NOS. The predicted molar refractivity (Wildman–Crippen MR) is 80.1 cm³/mol. The summed E-state index contributed by atoms with van der Waals surface area (Å²) in [5.74, 6) is 0.309. The fourth-order valence-corrected chi connectivity index (χ4v) is 2.51. The molecule has 18 heavy (non-hydrogen) atoms. The molecule has 1 rings (SSSR count). The van der Waals surface area contributed by atoms with Crippen LogP contribution in [0.15, 0.2) is 29.2 Å². The zero-order valence-corrected chi connectivity index (χ0v) is 12.6. The Morgan fingerprint density at radius 3 is 2.22 bits per heavy atom. The number of hydrogen-bond acceptors (Lipinski definition) is 3. The summed E-state index contributed by atoms with van der Waals surface area (Å²) in [4.78, 5) is 1.32. The Morgan fingerprint density at radius 1 is 1.11 bits per heavy atom. The molecule has 2 unspecified atom stereocenters. The van der Waals surface area contributed by atoms with Crippen LogP contribution in [0.5, 0.6) is 0 Å². The molecule has 102 valence electrons. The monoisotopic (exact) mass is 267 g/mol. The molecule has 0 aliphatic rings. The molecule has 0 aliphatic heterocycles. The van der Waals surface area contributed by atoms with E-state index in [0.717, 1.165) is 6.54 Å². The van der Waals surface area contributed by atoms with E-state index in [1.165, 1.54) is 10.5 Å². The van der Waals surface area contributed by atoms with Crippen LogP contribution in [-0.2, 0) is 0 Å². The first-order valence-corrected chi connectivity index (χ1v) is 7.51. The first kappa shape index (κ1) is 15.5. The molecule has 0 bridgehead atoms. The van der Waals surface area contributed by atoms with Gasteiger partial charge in [-0.2, -0.15) is 0 Å². The van der Waals surface area contributed by atoms with E-state index in [9.17, 15) is 0 Å². The summed E-state index contributed by atoms with van der Waals surface area (Å²) in [5.41, 5.74) is 1.30. The van der Waals surface area contributed by atoms with E-state index >= 15 is 0 Å². The Labute approximate surface area is 115 Å². The fourth-order valence-electron chi connectivity index (χ4n) is 1.67. The number of aliphatic hydroxyl groups excluding tert-OH is 1. The topological polar surface area (TPSA) is 32.3 Å². The van der Waals surface area contributed by atoms with Gasteiger partial charge in [-0.15, -0.1) is 11.8 Å². The maximum Gasteiger partial charge on any atom is 0.0468 e. The summed E-state index contributed by atoms with van der Waals surface area (Å²) in [6.45, 7) is 9.71. The molecule has 0 aromatic heterocycles. The summed E-state index contributed by atoms with van der Waals surface area (Å²) < 4.78 is 0. The highest BCUT2D eigenvalue weighted by atomic mass is 32.2. The van der Waals surface area contributed by atoms with Crippen molar-refractivity contribution in [1.82, 2.24) is 5.32 Å². The molecule has 1 aromatic carbocycles. The SMILES string of the molecule is CC(CO)CNC(C)c1ccc(SC(C)C)cc1. The minimum absolute atomic E-state index is 0.240. The summed E-state index contributed by atoms with van der Waals surface area (Å²) in [7, 11) is 0. The average Bonchev–Trinajstić information content (AvgIpc) is 2.35. The second-order valence-electron chi connectivity index (χ2n) is 5.15. The number of nitrogens with one attached hydrogen (secondary N) is 1. The lowest BCUT2D eigenvalue weighted by Crippen LogP contribution is -2.26. The number of benzene rings is 1. The van der Waals surface area contributed by atoms with Crippen molar-refractivity contribution >= 4 is 11.8 Å². The lowest BCUT2D eigenvalue weighted by molar-refractivity contribution is 0.231. The quantitative estimate of drug-likeness (QED) is 0.742. The number of thioether (sulfide) groups is 1. The third-order valence-electron chi connectivity index (χ3n) is 2.84. The van der Waals surface area contributed by atoms with E-state index in [4.69, 9.17) is 5.11 Å². The first-order valence-electron chi connectivity index (χ1n) is 6.63. The van der Waals surface area contributed by atoms with Gasteiger partial charge in [0, 0.05) is 29.3 Å². The molecule has 0 saturated carbocycles. The van der Waals surface area contributed by atoms with Crippen LogP contribution in [0.4, 0.5) is 0 Å². The van der Waals surface area contributed by atoms with E-state index in [1.54, 1.807) is 0 Å². The van der Waals surface area contributed by atoms with Gasteiger partial charge in [0.25, 0.3) is 0 Å². The lowest BCUT2D eigenvalue weighted by Gasteiger charge is -2.17. The van der Waals surface area contributed by atoms with Crippen molar-refractivity contribution < 1.29 is 5.11 Å². The van der Waals surface area contributed by atoms with Crippen molar-refractivity contribution in [2.75, 3.05) is 13.2 Å². The van der Waals surface area contributed by atoms with Crippen LogP contribution in [0.2, 0.25) is 0 Å². The van der Waals surface area contributed by atoms with E-state index in [2.05, 4.69) is 50.4 Å². The highest BCUT2D eigenvalue weighted by molar-refractivity contribution is 7.99. The van der Waals surface area contributed by atoms with Crippen molar-refractivity contribution in [2.45, 2.75) is 43.9 Å². The number of hydrogen-bond donors (Lipinski definition) is 2. The summed E-state index contributed by atoms with van der Waals surface area (Å²) in [6.07, 6.45) is 0. The molecule has 0 aliphatic carbocycles. The largest absolute Gasteiger partial charge is 0.396 e. The third-order valence-corrected chi connectivity index (χ3v) is 3.85. The van der Waals surface area contributed by atoms with E-state index < -0.39 is 0 Å². The van der Waals surface area contributed by atoms with E-state index in [1.807, 2.05) is 18.7 Å². The van der Waals surface area contributed by atoms with E-state index in [-0.39, 0.29) is 6.61 Å². The van der Waals surface area contributed by atoms with Gasteiger partial charge in [-0.3, -0.25) is 0 Å². The zero-order valence-electron chi connectivity index (χ0n) is 11.8. The first-order chi connectivity index (χ1) is 8.52. The lowest BCUT2D eigenvalue weighted by atomic mass is 10.1. The summed E-state index contributed by atoms with van der Waals surface area (Å²) in [5, 5.41) is 13.1. The van der Waals surface area contributed by atoms with Crippen LogP contribution in [-0.4, -0.2) is 23.5 Å². The zero-order chi connectivity index (χ0) is 13.5. The van der Waals surface area contributed by atoms with Gasteiger partial charge < -0.3 is 10.4 Å². The molecule has 2 atom stereocenters. The second-order valence-corrected chi connectivity index (χ2v) is 6.80. The molecule has 0 spiro atoms. The maximum absolute atomic E-state index is 9.00. The summed E-state index contributed by atoms with van der Waals surface area (Å²) in [6, 6.07) is 9.08.